The fraction of sp³-hybridized carbons (Fsp3) is 0.280. The molecular formula is C50H51B3O6. The topological polar surface area (TPSA) is 55.4 Å². The van der Waals surface area contributed by atoms with Crippen molar-refractivity contribution in [2.45, 2.75) is 92.9 Å². The molecule has 59 heavy (non-hydrogen) atoms. The molecule has 9 heteroatoms. The molecule has 1 atom stereocenters. The first kappa shape index (κ1) is 38.8. The second-order valence-corrected chi connectivity index (χ2v) is 17.1. The largest absolute Gasteiger partial charge is 0.633 e. The summed E-state index contributed by atoms with van der Waals surface area (Å²) in [5, 5.41) is 0. The molecule has 0 fully saturated rings. The smallest absolute Gasteiger partial charge is 0.519 e. The summed E-state index contributed by atoms with van der Waals surface area (Å²) in [6.45, 7) is 17.4. The highest BCUT2D eigenvalue weighted by Gasteiger charge is 2.41. The molecule has 0 aliphatic carbocycles. The van der Waals surface area contributed by atoms with Crippen molar-refractivity contribution in [3.63, 3.8) is 0 Å². The third-order valence-corrected chi connectivity index (χ3v) is 12.2. The molecule has 0 saturated carbocycles. The first-order chi connectivity index (χ1) is 28.5. The number of fused-ring (bicyclic) bond motifs is 3. The standard InChI is InChI=1S/C50H51B3O6/c1-30(2)40-13-10-14-41(50(40)53-56-44-24-17-33(5)29-47(44)59-53)35(7)18-19-38-25-34(6)26-39(49(38)52-55-43-23-16-32(4)28-46(43)58-52)21-20-37-12-9-11-36(8)48(37)51-54-42-22-15-31(3)27-45(42)57-51/h9-17,22-30,35H,18-21H2,1-8H3. The average Bonchev–Trinajstić information content (AvgIpc) is 3.94. The Morgan fingerprint density at radius 1 is 0.407 bits per heavy atom. The van der Waals surface area contributed by atoms with Gasteiger partial charge in [-0.1, -0.05) is 93.1 Å². The Morgan fingerprint density at radius 2 is 0.864 bits per heavy atom. The summed E-state index contributed by atoms with van der Waals surface area (Å²) in [5.74, 6) is 5.27. The van der Waals surface area contributed by atoms with Gasteiger partial charge in [-0.3, -0.25) is 0 Å². The summed E-state index contributed by atoms with van der Waals surface area (Å²) < 4.78 is 39.2. The molecule has 0 N–H and O–H groups in total. The van der Waals surface area contributed by atoms with E-state index in [2.05, 4.69) is 134 Å². The fourth-order valence-electron chi connectivity index (χ4n) is 9.10. The Labute approximate surface area is 350 Å². The Bertz CT molecular complexity index is 2570. The van der Waals surface area contributed by atoms with Gasteiger partial charge >= 0.3 is 21.4 Å². The van der Waals surface area contributed by atoms with Crippen LogP contribution in [0.1, 0.15) is 94.7 Å². The molecule has 0 saturated heterocycles. The van der Waals surface area contributed by atoms with Crippen LogP contribution in [-0.4, -0.2) is 21.4 Å². The van der Waals surface area contributed by atoms with Gasteiger partial charge in [-0.15, -0.1) is 0 Å². The van der Waals surface area contributed by atoms with Gasteiger partial charge in [-0.05, 0) is 159 Å². The molecule has 0 amide bonds. The van der Waals surface area contributed by atoms with Crippen LogP contribution in [0.25, 0.3) is 0 Å². The molecule has 3 heterocycles. The maximum absolute atomic E-state index is 6.68. The SMILES string of the molecule is Cc1cc(CCc2cccc(C)c2B2Oc3ccc(C)cc3O2)c(B2Oc3ccc(C)cc3O2)c(CCC(C)c2cccc(C(C)C)c2B2Oc3ccc(C)cc3O2)c1. The molecule has 0 spiro atoms. The van der Waals surface area contributed by atoms with Crippen LogP contribution in [0.4, 0.5) is 0 Å². The van der Waals surface area contributed by atoms with E-state index in [4.69, 9.17) is 27.9 Å². The third kappa shape index (κ3) is 7.68. The van der Waals surface area contributed by atoms with Crippen LogP contribution in [0.3, 0.4) is 0 Å². The number of hydrogen-bond donors (Lipinski definition) is 0. The predicted octanol–water partition coefficient (Wildman–Crippen LogP) is 9.37. The van der Waals surface area contributed by atoms with E-state index in [0.717, 1.165) is 98.8 Å². The molecule has 0 bridgehead atoms. The maximum Gasteiger partial charge on any atom is 0.633 e. The van der Waals surface area contributed by atoms with Crippen LogP contribution in [0.2, 0.25) is 0 Å². The van der Waals surface area contributed by atoms with Crippen molar-refractivity contribution in [3.8, 4) is 34.5 Å². The summed E-state index contributed by atoms with van der Waals surface area (Å²) in [6.07, 6.45) is 3.36. The lowest BCUT2D eigenvalue weighted by Gasteiger charge is -2.23. The zero-order valence-electron chi connectivity index (χ0n) is 35.5. The van der Waals surface area contributed by atoms with Crippen LogP contribution < -0.4 is 44.3 Å². The first-order valence-electron chi connectivity index (χ1n) is 21.1. The molecule has 296 valence electrons. The lowest BCUT2D eigenvalue weighted by Crippen LogP contribution is -2.45. The summed E-state index contributed by atoms with van der Waals surface area (Å²) in [5.41, 5.74) is 15.4. The fourth-order valence-corrected chi connectivity index (χ4v) is 9.10. The molecule has 6 nitrogen and oxygen atoms in total. The van der Waals surface area contributed by atoms with Crippen molar-refractivity contribution >= 4 is 37.7 Å². The highest BCUT2D eigenvalue weighted by molar-refractivity contribution is 6.66. The molecule has 0 aromatic heterocycles. The van der Waals surface area contributed by atoms with Crippen LogP contribution in [0, 0.1) is 34.6 Å². The quantitative estimate of drug-likeness (QED) is 0.122. The van der Waals surface area contributed by atoms with E-state index in [1.807, 2.05) is 24.3 Å². The van der Waals surface area contributed by atoms with Gasteiger partial charge in [-0.25, -0.2) is 0 Å². The number of benzene rings is 6. The van der Waals surface area contributed by atoms with Gasteiger partial charge in [0.2, 0.25) is 0 Å². The normalized spacial score (nSPS) is 14.2. The van der Waals surface area contributed by atoms with E-state index in [1.165, 1.54) is 33.4 Å². The van der Waals surface area contributed by atoms with Crippen molar-refractivity contribution in [2.75, 3.05) is 0 Å². The molecule has 3 aliphatic heterocycles. The average molecular weight is 780 g/mol. The van der Waals surface area contributed by atoms with Gasteiger partial charge in [-0.2, -0.15) is 0 Å². The van der Waals surface area contributed by atoms with E-state index in [9.17, 15) is 0 Å². The van der Waals surface area contributed by atoms with Crippen molar-refractivity contribution in [1.82, 2.24) is 0 Å². The third-order valence-electron chi connectivity index (χ3n) is 12.2. The van der Waals surface area contributed by atoms with Gasteiger partial charge in [0.1, 0.15) is 34.5 Å². The zero-order valence-corrected chi connectivity index (χ0v) is 35.5. The minimum absolute atomic E-state index is 0.220. The van der Waals surface area contributed by atoms with Crippen LogP contribution >= 0.6 is 0 Å². The van der Waals surface area contributed by atoms with Gasteiger partial charge in [0.25, 0.3) is 0 Å². The number of rotatable bonds is 11. The van der Waals surface area contributed by atoms with Crippen LogP contribution in [0.15, 0.2) is 103 Å². The monoisotopic (exact) mass is 780 g/mol. The minimum Gasteiger partial charge on any atom is -0.519 e. The van der Waals surface area contributed by atoms with E-state index < -0.39 is 21.4 Å². The van der Waals surface area contributed by atoms with Gasteiger partial charge in [0.05, 0.1) is 0 Å². The van der Waals surface area contributed by atoms with Gasteiger partial charge < -0.3 is 27.9 Å². The second kappa shape index (κ2) is 15.8. The van der Waals surface area contributed by atoms with E-state index in [1.54, 1.807) is 0 Å². The van der Waals surface area contributed by atoms with E-state index >= 15 is 0 Å². The lowest BCUT2D eigenvalue weighted by atomic mass is 9.67. The highest BCUT2D eigenvalue weighted by Crippen LogP contribution is 2.38. The Kier molecular flexibility index (Phi) is 10.4. The summed E-state index contributed by atoms with van der Waals surface area (Å²) in [6, 6.07) is 36.3. The predicted molar refractivity (Wildman–Crippen MR) is 241 cm³/mol. The molecule has 6 aromatic carbocycles. The van der Waals surface area contributed by atoms with Crippen LogP contribution in [-0.2, 0) is 19.3 Å². The second-order valence-electron chi connectivity index (χ2n) is 17.1. The molecule has 1 unspecified atom stereocenters. The molecular weight excluding hydrogens is 729 g/mol. The van der Waals surface area contributed by atoms with Crippen LogP contribution in [0.5, 0.6) is 34.5 Å². The lowest BCUT2D eigenvalue weighted by molar-refractivity contribution is 0.515. The Balaban J connectivity index is 1.03. The number of aryl methyl sites for hydroxylation is 8. The molecule has 0 radical (unpaired) electrons. The first-order valence-corrected chi connectivity index (χ1v) is 21.1. The summed E-state index contributed by atoms with van der Waals surface area (Å²) in [4.78, 5) is 0. The number of hydrogen-bond acceptors (Lipinski definition) is 6. The van der Waals surface area contributed by atoms with Crippen molar-refractivity contribution in [1.29, 1.82) is 0 Å². The molecule has 9 rings (SSSR count). The van der Waals surface area contributed by atoms with Crippen molar-refractivity contribution in [3.05, 3.63) is 159 Å². The maximum atomic E-state index is 6.68. The molecule has 6 aromatic rings. The van der Waals surface area contributed by atoms with Gasteiger partial charge in [0.15, 0.2) is 0 Å². The van der Waals surface area contributed by atoms with E-state index in [0.29, 0.717) is 5.92 Å². The Hall–Kier alpha value is -5.69. The Morgan fingerprint density at radius 3 is 1.42 bits per heavy atom. The highest BCUT2D eigenvalue weighted by atomic mass is 16.6. The van der Waals surface area contributed by atoms with E-state index in [-0.39, 0.29) is 5.92 Å². The summed E-state index contributed by atoms with van der Waals surface area (Å²) in [7, 11) is -1.53. The van der Waals surface area contributed by atoms with Gasteiger partial charge in [0, 0.05) is 16.4 Å². The van der Waals surface area contributed by atoms with Crippen molar-refractivity contribution < 1.29 is 27.9 Å². The summed E-state index contributed by atoms with van der Waals surface area (Å²) >= 11 is 0. The minimum atomic E-state index is -0.550. The van der Waals surface area contributed by atoms with Crippen molar-refractivity contribution in [2.24, 2.45) is 0 Å². The zero-order chi connectivity index (χ0) is 40.9. The molecule has 3 aliphatic rings.